The first-order valence-corrected chi connectivity index (χ1v) is 15.7. The summed E-state index contributed by atoms with van der Waals surface area (Å²) in [6.07, 6.45) is 3.23. The molecule has 0 N–H and O–H groups in total. The first-order valence-electron chi connectivity index (χ1n) is 15.7. The molecular formula is C34H44N6O3. The number of carbonyl (C=O) groups excluding carboxylic acids is 1. The van der Waals surface area contributed by atoms with Crippen molar-refractivity contribution < 1.29 is 14.3 Å². The van der Waals surface area contributed by atoms with E-state index in [-0.39, 0.29) is 5.97 Å². The first kappa shape index (κ1) is 29.4. The summed E-state index contributed by atoms with van der Waals surface area (Å²) in [5, 5.41) is 0. The molecule has 43 heavy (non-hydrogen) atoms. The summed E-state index contributed by atoms with van der Waals surface area (Å²) >= 11 is 0. The van der Waals surface area contributed by atoms with Crippen molar-refractivity contribution in [3.05, 3.63) is 76.5 Å². The topological polar surface area (TPSA) is 74.3 Å². The van der Waals surface area contributed by atoms with E-state index in [0.717, 1.165) is 75.7 Å². The van der Waals surface area contributed by atoms with Gasteiger partial charge in [-0.2, -0.15) is 9.97 Å². The van der Waals surface area contributed by atoms with E-state index in [9.17, 15) is 4.79 Å². The van der Waals surface area contributed by atoms with Crippen LogP contribution in [-0.4, -0.2) is 91.2 Å². The third-order valence-corrected chi connectivity index (χ3v) is 9.28. The summed E-state index contributed by atoms with van der Waals surface area (Å²) in [5.74, 6) is 0.808. The van der Waals surface area contributed by atoms with E-state index in [0.29, 0.717) is 31.8 Å². The summed E-state index contributed by atoms with van der Waals surface area (Å²) in [4.78, 5) is 31.9. The third-order valence-electron chi connectivity index (χ3n) is 9.28. The molecule has 4 heterocycles. The number of hydrogen-bond donors (Lipinski definition) is 0. The van der Waals surface area contributed by atoms with Crippen molar-refractivity contribution in [3.63, 3.8) is 0 Å². The van der Waals surface area contributed by atoms with Crippen molar-refractivity contribution in [3.8, 4) is 6.01 Å². The number of anilines is 2. The maximum atomic E-state index is 12.5. The largest absolute Gasteiger partial charge is 0.462 e. The molecule has 0 unspecified atom stereocenters. The minimum atomic E-state index is -0.184. The highest BCUT2D eigenvalue weighted by Gasteiger charge is 2.29. The van der Waals surface area contributed by atoms with Gasteiger partial charge in [-0.05, 0) is 69.5 Å². The lowest BCUT2D eigenvalue weighted by Crippen LogP contribution is -2.49. The van der Waals surface area contributed by atoms with E-state index in [1.165, 1.54) is 28.8 Å². The smallest absolute Gasteiger partial charge is 0.320 e. The summed E-state index contributed by atoms with van der Waals surface area (Å²) in [6.45, 7) is 11.5. The highest BCUT2D eigenvalue weighted by Crippen LogP contribution is 2.33. The molecule has 2 aromatic carbocycles. The van der Waals surface area contributed by atoms with Crippen LogP contribution in [-0.2, 0) is 29.1 Å². The van der Waals surface area contributed by atoms with Crippen molar-refractivity contribution in [2.24, 2.45) is 0 Å². The second-order valence-corrected chi connectivity index (χ2v) is 12.1. The Balaban J connectivity index is 1.15. The SMILES string of the molecule is Cc1cccc(N2CCc3c(nc(OC[C@@H]4CCCN4C)nc3N3CCN(CC(=O)OCc4ccccc4)CC3)C2)c1C. The summed E-state index contributed by atoms with van der Waals surface area (Å²) in [7, 11) is 2.17. The maximum absolute atomic E-state index is 12.5. The van der Waals surface area contributed by atoms with Crippen LogP contribution in [0.3, 0.4) is 0 Å². The number of fused-ring (bicyclic) bond motifs is 1. The predicted molar refractivity (Wildman–Crippen MR) is 169 cm³/mol. The van der Waals surface area contributed by atoms with Gasteiger partial charge < -0.3 is 24.2 Å². The second-order valence-electron chi connectivity index (χ2n) is 12.1. The van der Waals surface area contributed by atoms with Gasteiger partial charge in [0.25, 0.3) is 0 Å². The van der Waals surface area contributed by atoms with Gasteiger partial charge in [0.15, 0.2) is 0 Å². The van der Waals surface area contributed by atoms with E-state index in [4.69, 9.17) is 19.4 Å². The number of likely N-dealkylation sites (tertiary alicyclic amines) is 1. The van der Waals surface area contributed by atoms with Crippen LogP contribution < -0.4 is 14.5 Å². The Morgan fingerprint density at radius 1 is 0.930 bits per heavy atom. The lowest BCUT2D eigenvalue weighted by Gasteiger charge is -2.38. The van der Waals surface area contributed by atoms with Crippen LogP contribution in [0, 0.1) is 13.8 Å². The number of nitrogens with zero attached hydrogens (tertiary/aromatic N) is 6. The van der Waals surface area contributed by atoms with E-state index >= 15 is 0 Å². The Morgan fingerprint density at radius 2 is 1.74 bits per heavy atom. The van der Waals surface area contributed by atoms with Crippen LogP contribution in [0.2, 0.25) is 0 Å². The molecule has 0 saturated carbocycles. The van der Waals surface area contributed by atoms with Crippen molar-refractivity contribution in [1.82, 2.24) is 19.8 Å². The molecule has 0 amide bonds. The number of piperazine rings is 1. The molecule has 9 heteroatoms. The van der Waals surface area contributed by atoms with Crippen molar-refractivity contribution >= 4 is 17.5 Å². The fourth-order valence-corrected chi connectivity index (χ4v) is 6.44. The minimum Gasteiger partial charge on any atom is -0.462 e. The molecule has 0 bridgehead atoms. The number of rotatable bonds is 9. The van der Waals surface area contributed by atoms with E-state index in [1.54, 1.807) is 0 Å². The lowest BCUT2D eigenvalue weighted by atomic mass is 10.0. The van der Waals surface area contributed by atoms with E-state index in [1.807, 2.05) is 30.3 Å². The van der Waals surface area contributed by atoms with Crippen molar-refractivity contribution in [2.75, 3.05) is 69.3 Å². The number of ether oxygens (including phenoxy) is 2. The van der Waals surface area contributed by atoms with Gasteiger partial charge in [-0.1, -0.05) is 42.5 Å². The van der Waals surface area contributed by atoms with E-state index in [2.05, 4.69) is 58.7 Å². The maximum Gasteiger partial charge on any atom is 0.320 e. The zero-order valence-corrected chi connectivity index (χ0v) is 25.8. The number of aromatic nitrogens is 2. The third kappa shape index (κ3) is 6.94. The predicted octanol–water partition coefficient (Wildman–Crippen LogP) is 3.99. The van der Waals surface area contributed by atoms with Gasteiger partial charge in [-0.25, -0.2) is 0 Å². The highest BCUT2D eigenvalue weighted by atomic mass is 16.5. The van der Waals surface area contributed by atoms with Crippen LogP contribution in [0.1, 0.15) is 40.8 Å². The molecule has 2 saturated heterocycles. The average Bonchev–Trinajstić information content (AvgIpc) is 3.45. The average molecular weight is 585 g/mol. The molecule has 228 valence electrons. The van der Waals surface area contributed by atoms with Gasteiger partial charge in [0.2, 0.25) is 0 Å². The van der Waals surface area contributed by atoms with Crippen LogP contribution in [0.25, 0.3) is 0 Å². The second kappa shape index (κ2) is 13.3. The standard InChI is InChI=1S/C34H44N6O3/c1-25-9-7-13-31(26(25)2)40-16-14-29-30(21-40)35-34(43-24-28-12-8-15-37(28)3)36-33(29)39-19-17-38(18-20-39)22-32(41)42-23-27-10-5-4-6-11-27/h4-7,9-11,13,28H,8,12,14-24H2,1-3H3/t28-/m0/s1. The fraction of sp³-hybridized carbons (Fsp3) is 0.500. The van der Waals surface area contributed by atoms with Gasteiger partial charge in [0, 0.05) is 50.0 Å². The number of benzene rings is 2. The Kier molecular flexibility index (Phi) is 9.09. The molecular weight excluding hydrogens is 540 g/mol. The number of aryl methyl sites for hydroxylation is 1. The molecule has 3 aliphatic rings. The van der Waals surface area contributed by atoms with Crippen LogP contribution in [0.4, 0.5) is 11.5 Å². The molecule has 1 atom stereocenters. The lowest BCUT2D eigenvalue weighted by molar-refractivity contribution is -0.146. The number of hydrogen-bond acceptors (Lipinski definition) is 9. The van der Waals surface area contributed by atoms with Gasteiger partial charge >= 0.3 is 12.0 Å². The molecule has 0 aliphatic carbocycles. The zero-order valence-electron chi connectivity index (χ0n) is 25.8. The van der Waals surface area contributed by atoms with E-state index < -0.39 is 0 Å². The zero-order chi connectivity index (χ0) is 29.8. The fourth-order valence-electron chi connectivity index (χ4n) is 6.44. The Bertz CT molecular complexity index is 1410. The Hall–Kier alpha value is -3.69. The summed E-state index contributed by atoms with van der Waals surface area (Å²) in [6, 6.07) is 17.2. The monoisotopic (exact) mass is 584 g/mol. The molecule has 1 aromatic heterocycles. The van der Waals surface area contributed by atoms with Gasteiger partial charge in [-0.3, -0.25) is 9.69 Å². The number of likely N-dealkylation sites (N-methyl/N-ethyl adjacent to an activating group) is 1. The van der Waals surface area contributed by atoms with Crippen molar-refractivity contribution in [1.29, 1.82) is 0 Å². The molecule has 0 spiro atoms. The highest BCUT2D eigenvalue weighted by molar-refractivity contribution is 5.71. The summed E-state index contributed by atoms with van der Waals surface area (Å²) < 4.78 is 11.8. The van der Waals surface area contributed by atoms with Gasteiger partial charge in [-0.15, -0.1) is 0 Å². The van der Waals surface area contributed by atoms with Crippen LogP contribution in [0.15, 0.2) is 48.5 Å². The Labute approximate surface area is 255 Å². The van der Waals surface area contributed by atoms with Crippen LogP contribution in [0.5, 0.6) is 6.01 Å². The Morgan fingerprint density at radius 3 is 2.51 bits per heavy atom. The first-order chi connectivity index (χ1) is 20.9. The normalized spacial score (nSPS) is 19.4. The van der Waals surface area contributed by atoms with Crippen LogP contribution >= 0.6 is 0 Å². The molecule has 2 fully saturated rings. The van der Waals surface area contributed by atoms with Crippen molar-refractivity contribution in [2.45, 2.75) is 52.3 Å². The molecule has 3 aliphatic heterocycles. The molecule has 9 nitrogen and oxygen atoms in total. The molecule has 3 aromatic rings. The number of carbonyl (C=O) groups is 1. The molecule has 0 radical (unpaired) electrons. The number of esters is 1. The van der Waals surface area contributed by atoms with Gasteiger partial charge in [0.1, 0.15) is 19.0 Å². The summed E-state index contributed by atoms with van der Waals surface area (Å²) in [5.41, 5.74) is 7.18. The van der Waals surface area contributed by atoms with Gasteiger partial charge in [0.05, 0.1) is 18.8 Å². The quantitative estimate of drug-likeness (QED) is 0.347. The molecule has 6 rings (SSSR count). The minimum absolute atomic E-state index is 0.184.